The van der Waals surface area contributed by atoms with Gasteiger partial charge in [0.25, 0.3) is 5.56 Å². The molecule has 0 saturated heterocycles. The van der Waals surface area contributed by atoms with Crippen LogP contribution in [0.25, 0.3) is 16.2 Å². The molecule has 0 amide bonds. The summed E-state index contributed by atoms with van der Waals surface area (Å²) < 4.78 is 2.87. The van der Waals surface area contributed by atoms with Gasteiger partial charge in [0.05, 0.1) is 5.39 Å². The molecule has 0 bridgehead atoms. The predicted molar refractivity (Wildman–Crippen MR) is 98.8 cm³/mol. The first-order chi connectivity index (χ1) is 10.5. The molecule has 0 aliphatic rings. The van der Waals surface area contributed by atoms with Crippen molar-refractivity contribution in [3.05, 3.63) is 59.3 Å². The minimum Gasteiger partial charge on any atom is -0.478 e. The van der Waals surface area contributed by atoms with Gasteiger partial charge in [-0.3, -0.25) is 4.79 Å². The van der Waals surface area contributed by atoms with Gasteiger partial charge in [-0.1, -0.05) is 0 Å². The van der Waals surface area contributed by atoms with Gasteiger partial charge < -0.3 is 10.1 Å². The average molecular weight is 463 g/mol. The number of hydrogen-bond donors (Lipinski definition) is 2. The maximum Gasteiger partial charge on any atom is 0.328 e. The Kier molecular flexibility index (Phi) is 6.13. The number of hydrogen-bond acceptors (Lipinski definition) is 4. The van der Waals surface area contributed by atoms with E-state index in [4.69, 9.17) is 5.11 Å². The van der Waals surface area contributed by atoms with E-state index in [1.54, 1.807) is 23.6 Å². The second-order valence-electron chi connectivity index (χ2n) is 3.97. The quantitative estimate of drug-likeness (QED) is 0.528. The number of fused-ring (bicyclic) bond motifs is 1. The fourth-order valence-corrected chi connectivity index (χ4v) is 4.49. The van der Waals surface area contributed by atoms with Crippen molar-refractivity contribution in [2.24, 2.45) is 0 Å². The van der Waals surface area contributed by atoms with Crippen molar-refractivity contribution in [1.82, 2.24) is 4.98 Å². The molecule has 0 aliphatic heterocycles. The molecule has 0 fully saturated rings. The standard InChI is InChI=1S/C7H4BrNOS.C7H5BrO2S/c8-4-3-11-5-1-2-9-7(10)6(4)5;8-5-3-6(11-4-5)1-2-7(9)10/h1-3H,(H,9,10);1-4H,(H,9,10)/b;2-1+. The van der Waals surface area contributed by atoms with Gasteiger partial charge in [-0.15, -0.1) is 22.7 Å². The molecule has 0 radical (unpaired) electrons. The van der Waals surface area contributed by atoms with Gasteiger partial charge >= 0.3 is 5.97 Å². The van der Waals surface area contributed by atoms with Gasteiger partial charge in [-0.2, -0.15) is 0 Å². The number of nitrogens with one attached hydrogen (secondary N) is 1. The Bertz CT molecular complexity index is 879. The maximum absolute atomic E-state index is 11.2. The highest BCUT2D eigenvalue weighted by Gasteiger charge is 2.03. The summed E-state index contributed by atoms with van der Waals surface area (Å²) in [6.07, 6.45) is 4.35. The van der Waals surface area contributed by atoms with Crippen LogP contribution in [0.3, 0.4) is 0 Å². The highest BCUT2D eigenvalue weighted by atomic mass is 79.9. The summed E-state index contributed by atoms with van der Waals surface area (Å²) in [7, 11) is 0. The van der Waals surface area contributed by atoms with Crippen molar-refractivity contribution in [2.45, 2.75) is 0 Å². The second-order valence-corrected chi connectivity index (χ2v) is 7.59. The number of carboxylic acid groups (broad SMARTS) is 1. The number of aromatic nitrogens is 1. The van der Waals surface area contributed by atoms with E-state index in [0.717, 1.165) is 30.0 Å². The first kappa shape index (κ1) is 17.1. The summed E-state index contributed by atoms with van der Waals surface area (Å²) >= 11 is 9.63. The van der Waals surface area contributed by atoms with Crippen molar-refractivity contribution in [3.8, 4) is 0 Å². The van der Waals surface area contributed by atoms with Crippen molar-refractivity contribution in [3.63, 3.8) is 0 Å². The van der Waals surface area contributed by atoms with E-state index in [9.17, 15) is 9.59 Å². The van der Waals surface area contributed by atoms with Gasteiger partial charge in [-0.25, -0.2) is 4.79 Å². The molecule has 0 aliphatic carbocycles. The van der Waals surface area contributed by atoms with Crippen LogP contribution < -0.4 is 5.56 Å². The van der Waals surface area contributed by atoms with E-state index >= 15 is 0 Å². The zero-order chi connectivity index (χ0) is 16.1. The Morgan fingerprint density at radius 1 is 1.27 bits per heavy atom. The molecule has 3 aromatic rings. The van der Waals surface area contributed by atoms with Crippen LogP contribution in [0.15, 0.2) is 48.9 Å². The van der Waals surface area contributed by atoms with E-state index in [1.807, 2.05) is 22.9 Å². The Balaban J connectivity index is 0.000000160. The number of pyridine rings is 1. The summed E-state index contributed by atoms with van der Waals surface area (Å²) in [5.41, 5.74) is -0.0318. The summed E-state index contributed by atoms with van der Waals surface area (Å²) in [6, 6.07) is 3.76. The molecule has 0 atom stereocenters. The van der Waals surface area contributed by atoms with E-state index in [-0.39, 0.29) is 5.56 Å². The second kappa shape index (κ2) is 7.87. The van der Waals surface area contributed by atoms with E-state index in [1.165, 1.54) is 11.3 Å². The fourth-order valence-electron chi connectivity index (χ4n) is 1.53. The molecule has 0 aromatic carbocycles. The minimum absolute atomic E-state index is 0.0318. The van der Waals surface area contributed by atoms with E-state index < -0.39 is 5.97 Å². The number of halogens is 2. The van der Waals surface area contributed by atoms with Gasteiger partial charge in [0.2, 0.25) is 0 Å². The highest BCUT2D eigenvalue weighted by Crippen LogP contribution is 2.26. The van der Waals surface area contributed by atoms with Crippen molar-refractivity contribution < 1.29 is 9.90 Å². The van der Waals surface area contributed by atoms with Gasteiger partial charge in [-0.05, 0) is 50.1 Å². The predicted octanol–water partition coefficient (Wildman–Crippen LogP) is 4.96. The maximum atomic E-state index is 11.2. The Hall–Kier alpha value is -1.22. The Labute approximate surface area is 150 Å². The number of carboxylic acids is 1. The molecule has 8 heteroatoms. The third kappa shape index (κ3) is 4.64. The molecule has 4 nitrogen and oxygen atoms in total. The lowest BCUT2D eigenvalue weighted by Crippen LogP contribution is -2.02. The third-order valence-corrected chi connectivity index (χ3v) is 5.96. The SMILES string of the molecule is O=C(O)/C=C/c1cc(Br)cs1.O=c1[nH]ccc2scc(Br)c12. The zero-order valence-corrected chi connectivity index (χ0v) is 15.7. The molecular weight excluding hydrogens is 454 g/mol. The molecule has 0 saturated carbocycles. The van der Waals surface area contributed by atoms with Crippen molar-refractivity contribution in [2.75, 3.05) is 0 Å². The van der Waals surface area contributed by atoms with Crippen molar-refractivity contribution in [1.29, 1.82) is 0 Å². The van der Waals surface area contributed by atoms with Gasteiger partial charge in [0.1, 0.15) is 0 Å². The zero-order valence-electron chi connectivity index (χ0n) is 10.9. The number of rotatable bonds is 2. The Morgan fingerprint density at radius 2 is 2.05 bits per heavy atom. The molecule has 2 N–H and O–H groups in total. The smallest absolute Gasteiger partial charge is 0.328 e. The molecule has 114 valence electrons. The first-order valence-corrected chi connectivity index (χ1v) is 9.21. The van der Waals surface area contributed by atoms with Crippen LogP contribution in [0.1, 0.15) is 4.88 Å². The average Bonchev–Trinajstić information content (AvgIpc) is 3.05. The normalized spacial score (nSPS) is 10.6. The van der Waals surface area contributed by atoms with Crippen LogP contribution in [-0.2, 0) is 4.79 Å². The first-order valence-electron chi connectivity index (χ1n) is 5.87. The lowest BCUT2D eigenvalue weighted by Gasteiger charge is -1.85. The number of aliphatic carboxylic acids is 1. The van der Waals surface area contributed by atoms with Crippen LogP contribution in [0.5, 0.6) is 0 Å². The minimum atomic E-state index is -0.922. The van der Waals surface area contributed by atoms with Crippen LogP contribution in [0, 0.1) is 0 Å². The number of H-pyrrole nitrogens is 1. The van der Waals surface area contributed by atoms with Crippen LogP contribution >= 0.6 is 54.5 Å². The third-order valence-electron chi connectivity index (χ3n) is 2.43. The number of aromatic amines is 1. The van der Waals surface area contributed by atoms with Gasteiger partial charge in [0.15, 0.2) is 0 Å². The highest BCUT2D eigenvalue weighted by molar-refractivity contribution is 9.11. The topological polar surface area (TPSA) is 70.2 Å². The van der Waals surface area contributed by atoms with Crippen molar-refractivity contribution >= 4 is 76.7 Å². The molecule has 22 heavy (non-hydrogen) atoms. The lowest BCUT2D eigenvalue weighted by atomic mass is 10.3. The Morgan fingerprint density at radius 3 is 2.64 bits per heavy atom. The largest absolute Gasteiger partial charge is 0.478 e. The molecule has 3 heterocycles. The van der Waals surface area contributed by atoms with E-state index in [2.05, 4.69) is 36.8 Å². The number of thiophene rings is 2. The van der Waals surface area contributed by atoms with Crippen LogP contribution in [0.4, 0.5) is 0 Å². The molecular formula is C14H9Br2NO3S2. The summed E-state index contributed by atoms with van der Waals surface area (Å²) in [5, 5.41) is 12.9. The number of carbonyl (C=O) groups is 1. The molecule has 3 aromatic heterocycles. The molecule has 3 rings (SSSR count). The van der Waals surface area contributed by atoms with Crippen LogP contribution in [0.2, 0.25) is 0 Å². The van der Waals surface area contributed by atoms with Gasteiger partial charge in [0, 0.05) is 41.6 Å². The van der Waals surface area contributed by atoms with E-state index in [0.29, 0.717) is 0 Å². The lowest BCUT2D eigenvalue weighted by molar-refractivity contribution is -0.131. The fraction of sp³-hybridized carbons (Fsp3) is 0. The van der Waals surface area contributed by atoms with Crippen LogP contribution in [-0.4, -0.2) is 16.1 Å². The monoisotopic (exact) mass is 461 g/mol. The molecule has 0 spiro atoms. The summed E-state index contributed by atoms with van der Waals surface area (Å²) in [5.74, 6) is -0.922. The summed E-state index contributed by atoms with van der Waals surface area (Å²) in [6.45, 7) is 0. The molecule has 0 unspecified atom stereocenters. The summed E-state index contributed by atoms with van der Waals surface area (Å²) in [4.78, 5) is 24.8.